The highest BCUT2D eigenvalue weighted by Gasteiger charge is 2.36. The maximum Gasteiger partial charge on any atom is 0.331 e. The summed E-state index contributed by atoms with van der Waals surface area (Å²) in [5, 5.41) is 2.38. The Morgan fingerprint density at radius 2 is 1.89 bits per heavy atom. The van der Waals surface area contributed by atoms with Gasteiger partial charge in [-0.15, -0.1) is 0 Å². The summed E-state index contributed by atoms with van der Waals surface area (Å²) in [5.41, 5.74) is 0.121. The van der Waals surface area contributed by atoms with Crippen molar-refractivity contribution in [2.45, 2.75) is 6.54 Å². The zero-order chi connectivity index (χ0) is 19.6. The Hall–Kier alpha value is -3.26. The van der Waals surface area contributed by atoms with Crippen LogP contribution in [-0.4, -0.2) is 37.0 Å². The molecule has 27 heavy (non-hydrogen) atoms. The van der Waals surface area contributed by atoms with Crippen LogP contribution in [0.2, 0.25) is 5.02 Å². The predicted molar refractivity (Wildman–Crippen MR) is 95.3 cm³/mol. The Bertz CT molecular complexity index is 936. The SMILES string of the molecule is COc1cc(Cl)c(C=C2C(=O)NC(=O)N(Cc3ccco3)C2=O)cc1OC. The summed E-state index contributed by atoms with van der Waals surface area (Å²) in [4.78, 5) is 37.8. The van der Waals surface area contributed by atoms with Gasteiger partial charge in [-0.25, -0.2) is 4.79 Å². The number of nitrogens with zero attached hydrogens (tertiary/aromatic N) is 1. The minimum Gasteiger partial charge on any atom is -0.493 e. The van der Waals surface area contributed by atoms with Gasteiger partial charge >= 0.3 is 6.03 Å². The minimum absolute atomic E-state index is 0.109. The van der Waals surface area contributed by atoms with Crippen LogP contribution in [0.5, 0.6) is 11.5 Å². The molecule has 1 aliphatic heterocycles. The Morgan fingerprint density at radius 1 is 1.19 bits per heavy atom. The predicted octanol–water partition coefficient (Wildman–Crippen LogP) is 2.61. The molecular formula is C18H15ClN2O6. The smallest absolute Gasteiger partial charge is 0.331 e. The quantitative estimate of drug-likeness (QED) is 0.622. The lowest BCUT2D eigenvalue weighted by atomic mass is 10.1. The molecule has 1 fully saturated rings. The van der Waals surface area contributed by atoms with Crippen LogP contribution in [-0.2, 0) is 16.1 Å². The molecule has 1 aliphatic rings. The number of hydrogen-bond donors (Lipinski definition) is 1. The Kier molecular flexibility index (Phi) is 5.18. The van der Waals surface area contributed by atoms with Crippen molar-refractivity contribution < 1.29 is 28.3 Å². The number of urea groups is 1. The molecule has 8 nitrogen and oxygen atoms in total. The Balaban J connectivity index is 1.98. The molecule has 0 atom stereocenters. The Morgan fingerprint density at radius 3 is 2.52 bits per heavy atom. The first-order chi connectivity index (χ1) is 12.9. The van der Waals surface area contributed by atoms with E-state index in [-0.39, 0.29) is 17.1 Å². The first-order valence-electron chi connectivity index (χ1n) is 7.77. The fraction of sp³-hybridized carbons (Fsp3) is 0.167. The van der Waals surface area contributed by atoms with Crippen molar-refractivity contribution in [3.8, 4) is 11.5 Å². The highest BCUT2D eigenvalue weighted by Crippen LogP contribution is 2.34. The van der Waals surface area contributed by atoms with E-state index >= 15 is 0 Å². The Labute approximate surface area is 159 Å². The molecule has 1 saturated heterocycles. The van der Waals surface area contributed by atoms with Crippen molar-refractivity contribution in [2.24, 2.45) is 0 Å². The van der Waals surface area contributed by atoms with Gasteiger partial charge in [0, 0.05) is 6.07 Å². The number of nitrogens with one attached hydrogen (secondary N) is 1. The molecule has 4 amide bonds. The maximum atomic E-state index is 12.7. The summed E-state index contributed by atoms with van der Waals surface area (Å²) in [7, 11) is 2.91. The third-order valence-corrected chi connectivity index (χ3v) is 4.21. The fourth-order valence-corrected chi connectivity index (χ4v) is 2.74. The number of imide groups is 2. The van der Waals surface area contributed by atoms with Crippen LogP contribution < -0.4 is 14.8 Å². The molecular weight excluding hydrogens is 376 g/mol. The van der Waals surface area contributed by atoms with Gasteiger partial charge in [0.25, 0.3) is 11.8 Å². The molecule has 2 aromatic rings. The summed E-state index contributed by atoms with van der Waals surface area (Å²) < 4.78 is 15.5. The molecule has 0 aliphatic carbocycles. The number of methoxy groups -OCH3 is 2. The number of benzene rings is 1. The topological polar surface area (TPSA) is 98.1 Å². The minimum atomic E-state index is -0.822. The second-order valence-electron chi connectivity index (χ2n) is 5.52. The molecule has 2 heterocycles. The summed E-state index contributed by atoms with van der Waals surface area (Å²) in [6, 6.07) is 5.46. The molecule has 0 bridgehead atoms. The van der Waals surface area contributed by atoms with E-state index in [1.165, 1.54) is 38.7 Å². The van der Waals surface area contributed by atoms with Crippen molar-refractivity contribution in [2.75, 3.05) is 14.2 Å². The summed E-state index contributed by atoms with van der Waals surface area (Å²) in [6.45, 7) is -0.109. The van der Waals surface area contributed by atoms with Gasteiger partial charge in [-0.2, -0.15) is 0 Å². The third-order valence-electron chi connectivity index (χ3n) is 3.88. The molecule has 140 valence electrons. The average Bonchev–Trinajstić information content (AvgIpc) is 3.16. The maximum absolute atomic E-state index is 12.7. The summed E-state index contributed by atoms with van der Waals surface area (Å²) in [6.07, 6.45) is 2.72. The number of halogens is 1. The number of carbonyl (C=O) groups is 3. The van der Waals surface area contributed by atoms with Gasteiger partial charge in [0.05, 0.1) is 32.1 Å². The second kappa shape index (κ2) is 7.55. The van der Waals surface area contributed by atoms with Gasteiger partial charge in [0.1, 0.15) is 11.3 Å². The van der Waals surface area contributed by atoms with Gasteiger partial charge in [-0.3, -0.25) is 19.8 Å². The van der Waals surface area contributed by atoms with Crippen LogP contribution in [0, 0.1) is 0 Å². The highest BCUT2D eigenvalue weighted by atomic mass is 35.5. The van der Waals surface area contributed by atoms with Crippen LogP contribution >= 0.6 is 11.6 Å². The number of rotatable bonds is 5. The van der Waals surface area contributed by atoms with Crippen LogP contribution in [0.3, 0.4) is 0 Å². The number of carbonyl (C=O) groups excluding carboxylic acids is 3. The van der Waals surface area contributed by atoms with Crippen LogP contribution in [0.1, 0.15) is 11.3 Å². The van der Waals surface area contributed by atoms with Gasteiger partial charge in [-0.05, 0) is 29.8 Å². The zero-order valence-electron chi connectivity index (χ0n) is 14.4. The number of amides is 4. The van der Waals surface area contributed by atoms with E-state index in [9.17, 15) is 14.4 Å². The fourth-order valence-electron chi connectivity index (χ4n) is 2.53. The van der Waals surface area contributed by atoms with Crippen molar-refractivity contribution in [3.63, 3.8) is 0 Å². The average molecular weight is 391 g/mol. The van der Waals surface area contributed by atoms with Crippen LogP contribution in [0.15, 0.2) is 40.5 Å². The lowest BCUT2D eigenvalue weighted by molar-refractivity contribution is -0.130. The van der Waals surface area contributed by atoms with Crippen molar-refractivity contribution >= 4 is 35.5 Å². The molecule has 0 unspecified atom stereocenters. The number of barbiturate groups is 1. The van der Waals surface area contributed by atoms with Crippen molar-refractivity contribution in [3.05, 3.63) is 52.4 Å². The van der Waals surface area contributed by atoms with E-state index in [0.29, 0.717) is 22.8 Å². The van der Waals surface area contributed by atoms with E-state index < -0.39 is 17.8 Å². The summed E-state index contributed by atoms with van der Waals surface area (Å²) >= 11 is 6.21. The first kappa shape index (κ1) is 18.5. The largest absolute Gasteiger partial charge is 0.493 e. The number of furan rings is 1. The van der Waals surface area contributed by atoms with Crippen molar-refractivity contribution in [1.82, 2.24) is 10.2 Å². The molecule has 0 saturated carbocycles. The lowest BCUT2D eigenvalue weighted by Gasteiger charge is -2.25. The second-order valence-corrected chi connectivity index (χ2v) is 5.92. The van der Waals surface area contributed by atoms with E-state index in [0.717, 1.165) is 4.90 Å². The van der Waals surface area contributed by atoms with E-state index in [4.69, 9.17) is 25.5 Å². The molecule has 0 spiro atoms. The van der Waals surface area contributed by atoms with Crippen LogP contribution in [0.25, 0.3) is 6.08 Å². The number of ether oxygens (including phenoxy) is 2. The zero-order valence-corrected chi connectivity index (χ0v) is 15.2. The molecule has 1 aromatic carbocycles. The molecule has 9 heteroatoms. The highest BCUT2D eigenvalue weighted by molar-refractivity contribution is 6.34. The molecule has 0 radical (unpaired) electrons. The van der Waals surface area contributed by atoms with Gasteiger partial charge in [-0.1, -0.05) is 11.6 Å². The molecule has 1 aromatic heterocycles. The monoisotopic (exact) mass is 390 g/mol. The molecule has 3 rings (SSSR count). The van der Waals surface area contributed by atoms with Crippen molar-refractivity contribution in [1.29, 1.82) is 0 Å². The van der Waals surface area contributed by atoms with E-state index in [2.05, 4.69) is 5.32 Å². The van der Waals surface area contributed by atoms with E-state index in [1.807, 2.05) is 0 Å². The van der Waals surface area contributed by atoms with Gasteiger partial charge < -0.3 is 13.9 Å². The van der Waals surface area contributed by atoms with E-state index in [1.54, 1.807) is 12.1 Å². The van der Waals surface area contributed by atoms with Crippen LogP contribution in [0.4, 0.5) is 4.79 Å². The normalized spacial score (nSPS) is 15.9. The lowest BCUT2D eigenvalue weighted by Crippen LogP contribution is -2.53. The van der Waals surface area contributed by atoms with Gasteiger partial charge in [0.2, 0.25) is 0 Å². The third kappa shape index (κ3) is 3.65. The molecule has 1 N–H and O–H groups in total. The van der Waals surface area contributed by atoms with Gasteiger partial charge in [0.15, 0.2) is 11.5 Å². The first-order valence-corrected chi connectivity index (χ1v) is 8.15. The number of hydrogen-bond acceptors (Lipinski definition) is 6. The standard InChI is InChI=1S/C18H15ClN2O6/c1-25-14-7-10(13(19)8-15(14)26-2)6-12-16(22)20-18(24)21(17(12)23)9-11-4-3-5-27-11/h3-8H,9H2,1-2H3,(H,20,22,24). The summed E-state index contributed by atoms with van der Waals surface area (Å²) in [5.74, 6) is -0.395.